The van der Waals surface area contributed by atoms with Crippen molar-refractivity contribution in [2.24, 2.45) is 0 Å². The molecule has 2 aromatic heterocycles. The highest BCUT2D eigenvalue weighted by Gasteiger charge is 2.12. The zero-order valence-electron chi connectivity index (χ0n) is 9.75. The number of nitriles is 1. The Morgan fingerprint density at radius 3 is 2.78 bits per heavy atom. The van der Waals surface area contributed by atoms with E-state index in [4.69, 9.17) is 11.0 Å². The second-order valence-electron chi connectivity index (χ2n) is 3.64. The van der Waals surface area contributed by atoms with Gasteiger partial charge in [-0.15, -0.1) is 0 Å². The summed E-state index contributed by atoms with van der Waals surface area (Å²) in [5, 5.41) is 12.7. The lowest BCUT2D eigenvalue weighted by atomic mass is 10.4. The maximum Gasteiger partial charge on any atom is 0.351 e. The van der Waals surface area contributed by atoms with Crippen molar-refractivity contribution in [1.82, 2.24) is 24.7 Å². The van der Waals surface area contributed by atoms with Crippen LogP contribution in [0.25, 0.3) is 5.95 Å². The number of rotatable bonds is 2. The highest BCUT2D eigenvalue weighted by Crippen LogP contribution is 2.13. The minimum Gasteiger partial charge on any atom is -0.382 e. The number of hydrogen-bond acceptors (Lipinski definition) is 7. The number of hydrogen-bond donors (Lipinski definition) is 2. The van der Waals surface area contributed by atoms with Crippen molar-refractivity contribution in [1.29, 1.82) is 5.26 Å². The van der Waals surface area contributed by atoms with Gasteiger partial charge in [-0.2, -0.15) is 25.0 Å². The summed E-state index contributed by atoms with van der Waals surface area (Å²) >= 11 is 0. The minimum atomic E-state index is -0.572. The molecule has 0 saturated heterocycles. The fraction of sp³-hybridized carbons (Fsp3) is 0.222. The average Bonchev–Trinajstić information content (AvgIpc) is 2.69. The van der Waals surface area contributed by atoms with Crippen molar-refractivity contribution in [2.45, 2.75) is 0 Å². The standard InChI is InChI=1S/C9H10N8O/c1-16(2)7-13-8(15-9(18)14-7)17-6(11)5(3-10)4-12-17/h4H,11H2,1-2H3,(H,13,14,15,18). The molecular weight excluding hydrogens is 236 g/mol. The Morgan fingerprint density at radius 2 is 2.22 bits per heavy atom. The molecule has 2 aromatic rings. The Bertz CT molecular complexity index is 677. The fourth-order valence-corrected chi connectivity index (χ4v) is 1.28. The quantitative estimate of drug-likeness (QED) is 0.685. The predicted octanol–water partition coefficient (Wildman–Crippen LogP) is -1.13. The SMILES string of the molecule is CN(C)c1nc(-n2ncc(C#N)c2N)[nH]c(=O)n1. The third kappa shape index (κ3) is 1.86. The van der Waals surface area contributed by atoms with Gasteiger partial charge in [-0.25, -0.2) is 4.79 Å². The molecule has 0 bridgehead atoms. The van der Waals surface area contributed by atoms with Crippen molar-refractivity contribution in [3.63, 3.8) is 0 Å². The predicted molar refractivity (Wildman–Crippen MR) is 63.2 cm³/mol. The van der Waals surface area contributed by atoms with Crippen LogP contribution in [-0.4, -0.2) is 38.8 Å². The summed E-state index contributed by atoms with van der Waals surface area (Å²) in [7, 11) is 3.40. The number of aromatic amines is 1. The molecule has 0 spiro atoms. The van der Waals surface area contributed by atoms with E-state index in [1.165, 1.54) is 10.9 Å². The molecule has 0 fully saturated rings. The molecule has 0 unspecified atom stereocenters. The molecule has 2 heterocycles. The molecule has 18 heavy (non-hydrogen) atoms. The second-order valence-corrected chi connectivity index (χ2v) is 3.64. The monoisotopic (exact) mass is 246 g/mol. The normalized spacial score (nSPS) is 10.1. The Hall–Kier alpha value is -2.89. The zero-order valence-corrected chi connectivity index (χ0v) is 9.75. The lowest BCUT2D eigenvalue weighted by molar-refractivity contribution is 0.782. The number of anilines is 2. The second kappa shape index (κ2) is 4.17. The van der Waals surface area contributed by atoms with Crippen LogP contribution in [0.5, 0.6) is 0 Å². The number of nitrogens with two attached hydrogens (primary N) is 1. The molecule has 0 amide bonds. The van der Waals surface area contributed by atoms with E-state index in [1.54, 1.807) is 19.0 Å². The van der Waals surface area contributed by atoms with Gasteiger partial charge in [-0.3, -0.25) is 4.98 Å². The van der Waals surface area contributed by atoms with E-state index < -0.39 is 5.69 Å². The van der Waals surface area contributed by atoms with Crippen LogP contribution in [0.3, 0.4) is 0 Å². The summed E-state index contributed by atoms with van der Waals surface area (Å²) in [5.41, 5.74) is 5.34. The molecule has 0 aliphatic rings. The van der Waals surface area contributed by atoms with Crippen LogP contribution >= 0.6 is 0 Å². The number of nitrogens with one attached hydrogen (secondary N) is 1. The van der Waals surface area contributed by atoms with Gasteiger partial charge in [-0.1, -0.05) is 0 Å². The van der Waals surface area contributed by atoms with E-state index in [0.717, 1.165) is 0 Å². The van der Waals surface area contributed by atoms with Crippen LogP contribution in [-0.2, 0) is 0 Å². The smallest absolute Gasteiger partial charge is 0.351 e. The third-order valence-corrected chi connectivity index (χ3v) is 2.15. The summed E-state index contributed by atoms with van der Waals surface area (Å²) in [5.74, 6) is 0.441. The Labute approximate surface area is 102 Å². The van der Waals surface area contributed by atoms with Crippen molar-refractivity contribution in [3.8, 4) is 12.0 Å². The molecule has 0 radical (unpaired) electrons. The van der Waals surface area contributed by atoms with Gasteiger partial charge in [0.15, 0.2) is 0 Å². The van der Waals surface area contributed by atoms with Crippen molar-refractivity contribution in [2.75, 3.05) is 24.7 Å². The van der Waals surface area contributed by atoms with E-state index in [-0.39, 0.29) is 23.3 Å². The van der Waals surface area contributed by atoms with E-state index in [1.807, 2.05) is 6.07 Å². The van der Waals surface area contributed by atoms with Crippen molar-refractivity contribution in [3.05, 3.63) is 22.2 Å². The molecule has 3 N–H and O–H groups in total. The van der Waals surface area contributed by atoms with Gasteiger partial charge in [0.2, 0.25) is 11.9 Å². The van der Waals surface area contributed by atoms with Crippen LogP contribution in [0.4, 0.5) is 11.8 Å². The van der Waals surface area contributed by atoms with Gasteiger partial charge in [0.05, 0.1) is 6.20 Å². The molecule has 0 aromatic carbocycles. The van der Waals surface area contributed by atoms with Crippen molar-refractivity contribution >= 4 is 11.8 Å². The first-order valence-electron chi connectivity index (χ1n) is 4.92. The largest absolute Gasteiger partial charge is 0.382 e. The number of nitrogen functional groups attached to an aromatic ring is 1. The van der Waals surface area contributed by atoms with Crippen molar-refractivity contribution < 1.29 is 0 Å². The van der Waals surface area contributed by atoms with Gasteiger partial charge >= 0.3 is 5.69 Å². The maximum atomic E-state index is 11.4. The minimum absolute atomic E-state index is 0.108. The molecule has 0 aliphatic carbocycles. The van der Waals surface area contributed by atoms with Gasteiger partial charge in [0, 0.05) is 14.1 Å². The van der Waals surface area contributed by atoms with Crippen LogP contribution in [0.15, 0.2) is 11.0 Å². The Balaban J connectivity index is 2.61. The Kier molecular flexibility index (Phi) is 2.69. The molecule has 0 saturated carbocycles. The molecule has 0 atom stereocenters. The molecule has 2 rings (SSSR count). The highest BCUT2D eigenvalue weighted by molar-refractivity contribution is 5.50. The van der Waals surface area contributed by atoms with E-state index in [2.05, 4.69) is 20.1 Å². The lowest BCUT2D eigenvalue weighted by Gasteiger charge is -2.10. The highest BCUT2D eigenvalue weighted by atomic mass is 16.1. The van der Waals surface area contributed by atoms with Crippen LogP contribution in [0, 0.1) is 11.3 Å². The zero-order chi connectivity index (χ0) is 13.3. The summed E-state index contributed by atoms with van der Waals surface area (Å²) in [6.45, 7) is 0. The Morgan fingerprint density at radius 1 is 1.50 bits per heavy atom. The average molecular weight is 246 g/mol. The van der Waals surface area contributed by atoms with Crippen LogP contribution < -0.4 is 16.3 Å². The van der Waals surface area contributed by atoms with Crippen LogP contribution in [0.1, 0.15) is 5.56 Å². The number of nitrogens with zero attached hydrogens (tertiary/aromatic N) is 6. The number of H-pyrrole nitrogens is 1. The summed E-state index contributed by atoms with van der Waals surface area (Å²) in [6, 6.07) is 1.88. The van der Waals surface area contributed by atoms with Gasteiger partial charge in [0.25, 0.3) is 0 Å². The van der Waals surface area contributed by atoms with E-state index >= 15 is 0 Å². The molecular formula is C9H10N8O. The first-order valence-corrected chi connectivity index (χ1v) is 4.92. The third-order valence-electron chi connectivity index (χ3n) is 2.15. The molecule has 92 valence electrons. The topological polar surface area (TPSA) is 130 Å². The molecule has 9 nitrogen and oxygen atoms in total. The van der Waals surface area contributed by atoms with E-state index in [0.29, 0.717) is 0 Å². The van der Waals surface area contributed by atoms with Gasteiger partial charge in [-0.05, 0) is 0 Å². The summed E-state index contributed by atoms with van der Waals surface area (Å²) in [6.07, 6.45) is 1.30. The van der Waals surface area contributed by atoms with Crippen LogP contribution in [0.2, 0.25) is 0 Å². The molecule has 9 heteroatoms. The molecule has 0 aliphatic heterocycles. The maximum absolute atomic E-state index is 11.4. The summed E-state index contributed by atoms with van der Waals surface area (Å²) < 4.78 is 1.18. The first kappa shape index (κ1) is 11.6. The number of aromatic nitrogens is 5. The fourth-order valence-electron chi connectivity index (χ4n) is 1.28. The van der Waals surface area contributed by atoms with Gasteiger partial charge in [0.1, 0.15) is 17.5 Å². The first-order chi connectivity index (χ1) is 8.52. The lowest BCUT2D eigenvalue weighted by Crippen LogP contribution is -2.23. The summed E-state index contributed by atoms with van der Waals surface area (Å²) in [4.78, 5) is 23.1. The van der Waals surface area contributed by atoms with Gasteiger partial charge < -0.3 is 10.6 Å². The van der Waals surface area contributed by atoms with E-state index in [9.17, 15) is 4.79 Å².